The van der Waals surface area contributed by atoms with Crippen LogP contribution in [0.15, 0.2) is 0 Å². The third kappa shape index (κ3) is 2.33. The molecule has 0 unspecified atom stereocenters. The summed E-state index contributed by atoms with van der Waals surface area (Å²) in [5, 5.41) is 1.03. The van der Waals surface area contributed by atoms with Crippen LogP contribution in [0.3, 0.4) is 0 Å². The van der Waals surface area contributed by atoms with Crippen molar-refractivity contribution >= 4 is 17.1 Å². The van der Waals surface area contributed by atoms with E-state index in [2.05, 4.69) is 18.8 Å². The van der Waals surface area contributed by atoms with Crippen molar-refractivity contribution in [2.24, 2.45) is 5.41 Å². The predicted octanol–water partition coefficient (Wildman–Crippen LogP) is 2.49. The maximum Gasteiger partial charge on any atom is 0.175 e. The Morgan fingerprint density at radius 2 is 2.19 bits per heavy atom. The van der Waals surface area contributed by atoms with Gasteiger partial charge in [0.15, 0.2) is 5.78 Å². The number of methoxy groups -OCH3 is 1. The van der Waals surface area contributed by atoms with Crippen LogP contribution in [0.25, 0.3) is 0 Å². The van der Waals surface area contributed by atoms with Crippen molar-refractivity contribution in [2.45, 2.75) is 33.1 Å². The van der Waals surface area contributed by atoms with Gasteiger partial charge in [-0.15, -0.1) is 11.3 Å². The molecule has 0 spiro atoms. The molecule has 3 nitrogen and oxygen atoms in total. The van der Waals surface area contributed by atoms with Gasteiger partial charge in [-0.2, -0.15) is 0 Å². The highest BCUT2D eigenvalue weighted by Gasteiger charge is 2.33. The van der Waals surface area contributed by atoms with E-state index >= 15 is 0 Å². The summed E-state index contributed by atoms with van der Waals surface area (Å²) in [5.74, 6) is 0.257. The molecule has 0 aromatic carbocycles. The third-order valence-electron chi connectivity index (χ3n) is 2.80. The summed E-state index contributed by atoms with van der Waals surface area (Å²) >= 11 is 1.54. The molecule has 0 atom stereocenters. The van der Waals surface area contributed by atoms with Crippen LogP contribution < -0.4 is 0 Å². The third-order valence-corrected chi connectivity index (χ3v) is 4.00. The number of Topliss-reactive ketones (excluding diaryl/α,β-unsaturated/α-hetero) is 1. The zero-order valence-corrected chi connectivity index (χ0v) is 10.8. The quantitative estimate of drug-likeness (QED) is 0.813. The Labute approximate surface area is 99.8 Å². The van der Waals surface area contributed by atoms with Gasteiger partial charge in [-0.3, -0.25) is 4.79 Å². The average Bonchev–Trinajstić information content (AvgIpc) is 2.56. The first-order valence-electron chi connectivity index (χ1n) is 5.52. The molecule has 4 heteroatoms. The van der Waals surface area contributed by atoms with Crippen LogP contribution in [0.5, 0.6) is 0 Å². The highest BCUT2D eigenvalue weighted by Crippen LogP contribution is 2.36. The molecule has 0 N–H and O–H groups in total. The number of ketones is 1. The maximum absolute atomic E-state index is 11.9. The van der Waals surface area contributed by atoms with Gasteiger partial charge in [-0.25, -0.2) is 4.98 Å². The number of carbonyl (C=O) groups is 1. The molecule has 0 bridgehead atoms. The number of thiazole rings is 1. The number of ether oxygens (including phenoxy) is 1. The van der Waals surface area contributed by atoms with E-state index in [1.807, 2.05) is 0 Å². The summed E-state index contributed by atoms with van der Waals surface area (Å²) in [7, 11) is 1.68. The highest BCUT2D eigenvalue weighted by molar-refractivity contribution is 7.13. The van der Waals surface area contributed by atoms with Gasteiger partial charge in [-0.1, -0.05) is 13.8 Å². The van der Waals surface area contributed by atoms with E-state index in [0.29, 0.717) is 13.0 Å². The smallest absolute Gasteiger partial charge is 0.175 e. The van der Waals surface area contributed by atoms with Gasteiger partial charge in [0.25, 0.3) is 0 Å². The van der Waals surface area contributed by atoms with E-state index < -0.39 is 0 Å². The number of aromatic nitrogens is 1. The van der Waals surface area contributed by atoms with Crippen molar-refractivity contribution in [3.8, 4) is 0 Å². The molecule has 88 valence electrons. The summed E-state index contributed by atoms with van der Waals surface area (Å²) in [6.45, 7) is 4.92. The number of rotatable bonds is 3. The summed E-state index contributed by atoms with van der Waals surface area (Å²) in [4.78, 5) is 17.4. The molecule has 0 saturated heterocycles. The number of hydrogen-bond donors (Lipinski definition) is 0. The molecule has 2 rings (SSSR count). The molecular formula is C12H17NO2S. The normalized spacial score (nSPS) is 18.6. The standard InChI is InChI=1S/C12H17NO2S/c1-12(2)6-8-11(9(14)7-12)16-10(13-8)4-5-15-3/h4-7H2,1-3H3. The highest BCUT2D eigenvalue weighted by atomic mass is 32.1. The van der Waals surface area contributed by atoms with Crippen LogP contribution in [0.1, 0.15) is 40.6 Å². The van der Waals surface area contributed by atoms with Crippen molar-refractivity contribution in [3.63, 3.8) is 0 Å². The van der Waals surface area contributed by atoms with E-state index in [-0.39, 0.29) is 11.2 Å². The Bertz CT molecular complexity index is 409. The second-order valence-corrected chi connectivity index (χ2v) is 6.15. The SMILES string of the molecule is COCCc1nc2c(s1)C(=O)CC(C)(C)C2. The Morgan fingerprint density at radius 3 is 2.88 bits per heavy atom. The fourth-order valence-corrected chi connectivity index (χ4v) is 3.06. The Balaban J connectivity index is 2.23. The Hall–Kier alpha value is -0.740. The minimum atomic E-state index is 0.0662. The van der Waals surface area contributed by atoms with Crippen molar-refractivity contribution in [1.82, 2.24) is 4.98 Å². The Kier molecular flexibility index (Phi) is 3.13. The first-order chi connectivity index (χ1) is 7.52. The van der Waals surface area contributed by atoms with E-state index in [0.717, 1.165) is 28.4 Å². The topological polar surface area (TPSA) is 39.2 Å². The van der Waals surface area contributed by atoms with Crippen molar-refractivity contribution in [1.29, 1.82) is 0 Å². The summed E-state index contributed by atoms with van der Waals surface area (Å²) < 4.78 is 5.03. The van der Waals surface area contributed by atoms with Gasteiger partial charge in [0.1, 0.15) is 0 Å². The molecule has 0 radical (unpaired) electrons. The first kappa shape index (κ1) is 11.7. The van der Waals surface area contributed by atoms with Crippen molar-refractivity contribution in [3.05, 3.63) is 15.6 Å². The number of nitrogens with zero attached hydrogens (tertiary/aromatic N) is 1. The zero-order chi connectivity index (χ0) is 11.8. The lowest BCUT2D eigenvalue weighted by molar-refractivity contribution is 0.0916. The minimum Gasteiger partial charge on any atom is -0.384 e. The molecular weight excluding hydrogens is 222 g/mol. The molecule has 1 heterocycles. The fourth-order valence-electron chi connectivity index (χ4n) is 2.07. The van der Waals surface area contributed by atoms with Gasteiger partial charge >= 0.3 is 0 Å². The summed E-state index contributed by atoms with van der Waals surface area (Å²) in [5.41, 5.74) is 1.06. The summed E-state index contributed by atoms with van der Waals surface area (Å²) in [6.07, 6.45) is 2.37. The van der Waals surface area contributed by atoms with Crippen molar-refractivity contribution < 1.29 is 9.53 Å². The van der Waals surface area contributed by atoms with Crippen LogP contribution in [0.4, 0.5) is 0 Å². The molecule has 0 fully saturated rings. The molecule has 1 aliphatic carbocycles. The molecule has 0 aliphatic heterocycles. The molecule has 1 aromatic heterocycles. The van der Waals surface area contributed by atoms with Crippen LogP contribution in [-0.2, 0) is 17.6 Å². The van der Waals surface area contributed by atoms with Crippen LogP contribution >= 0.6 is 11.3 Å². The Morgan fingerprint density at radius 1 is 1.44 bits per heavy atom. The van der Waals surface area contributed by atoms with E-state index in [9.17, 15) is 4.79 Å². The average molecular weight is 239 g/mol. The maximum atomic E-state index is 11.9. The van der Waals surface area contributed by atoms with E-state index in [1.54, 1.807) is 18.4 Å². The lowest BCUT2D eigenvalue weighted by Gasteiger charge is -2.26. The molecule has 1 aromatic rings. The van der Waals surface area contributed by atoms with Gasteiger partial charge in [0.05, 0.1) is 22.2 Å². The number of hydrogen-bond acceptors (Lipinski definition) is 4. The minimum absolute atomic E-state index is 0.0662. The number of fused-ring (bicyclic) bond motifs is 1. The van der Waals surface area contributed by atoms with Gasteiger partial charge in [0.2, 0.25) is 0 Å². The second-order valence-electron chi connectivity index (χ2n) is 5.07. The van der Waals surface area contributed by atoms with Gasteiger partial charge in [-0.05, 0) is 11.8 Å². The monoisotopic (exact) mass is 239 g/mol. The second kappa shape index (κ2) is 4.26. The van der Waals surface area contributed by atoms with Crippen LogP contribution in [-0.4, -0.2) is 24.5 Å². The predicted molar refractivity (Wildman–Crippen MR) is 64.1 cm³/mol. The first-order valence-corrected chi connectivity index (χ1v) is 6.34. The largest absolute Gasteiger partial charge is 0.384 e. The lowest BCUT2D eigenvalue weighted by atomic mass is 9.78. The van der Waals surface area contributed by atoms with Crippen LogP contribution in [0, 0.1) is 5.41 Å². The van der Waals surface area contributed by atoms with E-state index in [1.165, 1.54) is 0 Å². The van der Waals surface area contributed by atoms with Crippen LogP contribution in [0.2, 0.25) is 0 Å². The van der Waals surface area contributed by atoms with E-state index in [4.69, 9.17) is 4.74 Å². The molecule has 1 aliphatic rings. The molecule has 16 heavy (non-hydrogen) atoms. The lowest BCUT2D eigenvalue weighted by Crippen LogP contribution is -2.26. The van der Waals surface area contributed by atoms with Crippen molar-refractivity contribution in [2.75, 3.05) is 13.7 Å². The summed E-state index contributed by atoms with van der Waals surface area (Å²) in [6, 6.07) is 0. The fraction of sp³-hybridized carbons (Fsp3) is 0.667. The zero-order valence-electron chi connectivity index (χ0n) is 10.0. The number of carbonyl (C=O) groups excluding carboxylic acids is 1. The molecule has 0 amide bonds. The van der Waals surface area contributed by atoms with Gasteiger partial charge < -0.3 is 4.74 Å². The molecule has 0 saturated carbocycles. The van der Waals surface area contributed by atoms with Gasteiger partial charge in [0, 0.05) is 20.0 Å².